The number of ether oxygens (including phenoxy) is 1. The average molecular weight is 333 g/mol. The van der Waals surface area contributed by atoms with Crippen molar-refractivity contribution >= 4 is 45.1 Å². The minimum Gasteiger partial charge on any atom is -0.465 e. The average Bonchev–Trinajstić information content (AvgIpc) is 2.54. The summed E-state index contributed by atoms with van der Waals surface area (Å²) in [5.41, 5.74) is -0.0710. The number of H-pyrrole nitrogens is 1. The summed E-state index contributed by atoms with van der Waals surface area (Å²) in [7, 11) is 1.24. The van der Waals surface area contributed by atoms with E-state index in [1.54, 1.807) is 0 Å². The van der Waals surface area contributed by atoms with Gasteiger partial charge in [-0.05, 0) is 24.3 Å². The minimum atomic E-state index is -0.612. The maximum absolute atomic E-state index is 12.6. The van der Waals surface area contributed by atoms with Crippen LogP contribution in [0.25, 0.3) is 21.8 Å². The van der Waals surface area contributed by atoms with Gasteiger partial charge in [-0.15, -0.1) is 0 Å². The van der Waals surface area contributed by atoms with Crippen LogP contribution in [0.2, 0.25) is 5.02 Å². The molecular weight excluding hydrogens is 324 g/mol. The molecule has 0 saturated carbocycles. The first-order chi connectivity index (χ1) is 10.9. The number of pyridine rings is 1. The van der Waals surface area contributed by atoms with Gasteiger partial charge in [0.1, 0.15) is 5.52 Å². The van der Waals surface area contributed by atoms with Crippen molar-refractivity contribution in [2.75, 3.05) is 7.11 Å². The van der Waals surface area contributed by atoms with E-state index in [-0.39, 0.29) is 32.6 Å². The van der Waals surface area contributed by atoms with Gasteiger partial charge in [-0.1, -0.05) is 11.6 Å². The fourth-order valence-electron chi connectivity index (χ4n) is 2.41. The number of rotatable bonds is 2. The van der Waals surface area contributed by atoms with E-state index in [1.807, 2.05) is 0 Å². The predicted molar refractivity (Wildman–Crippen MR) is 85.1 cm³/mol. The van der Waals surface area contributed by atoms with Gasteiger partial charge in [0, 0.05) is 22.0 Å². The van der Waals surface area contributed by atoms with Crippen LogP contribution in [-0.2, 0) is 4.74 Å². The van der Waals surface area contributed by atoms with Gasteiger partial charge in [-0.25, -0.2) is 4.79 Å². The number of methoxy groups -OCH3 is 1. The van der Waals surface area contributed by atoms with E-state index in [0.29, 0.717) is 5.52 Å². The van der Waals surface area contributed by atoms with Crippen molar-refractivity contribution in [3.63, 3.8) is 0 Å². The maximum Gasteiger partial charge on any atom is 0.337 e. The monoisotopic (exact) mass is 332 g/mol. The van der Waals surface area contributed by atoms with E-state index in [2.05, 4.69) is 9.72 Å². The van der Waals surface area contributed by atoms with Crippen LogP contribution in [0.4, 0.5) is 5.69 Å². The number of nitro benzene ring substituents is 1. The molecule has 0 aliphatic rings. The molecule has 0 saturated heterocycles. The molecule has 0 atom stereocenters. The molecule has 0 amide bonds. The van der Waals surface area contributed by atoms with E-state index in [9.17, 15) is 19.7 Å². The maximum atomic E-state index is 12.6. The van der Waals surface area contributed by atoms with Crippen LogP contribution in [-0.4, -0.2) is 23.0 Å². The van der Waals surface area contributed by atoms with Crippen LogP contribution in [0.1, 0.15) is 10.4 Å². The fourth-order valence-corrected chi connectivity index (χ4v) is 2.63. The van der Waals surface area contributed by atoms with Crippen molar-refractivity contribution in [1.29, 1.82) is 0 Å². The van der Waals surface area contributed by atoms with Crippen molar-refractivity contribution in [2.45, 2.75) is 0 Å². The van der Waals surface area contributed by atoms with Gasteiger partial charge in [0.25, 0.3) is 5.69 Å². The SMILES string of the molecule is COC(=O)c1ccc2[nH]c3c([N+](=O)[O-])cc(Cl)cc3c(=O)c2c1. The number of carbonyl (C=O) groups excluding carboxylic acids is 1. The van der Waals surface area contributed by atoms with Crippen molar-refractivity contribution in [3.8, 4) is 0 Å². The number of halogens is 1. The van der Waals surface area contributed by atoms with Crippen molar-refractivity contribution < 1.29 is 14.5 Å². The molecule has 0 aliphatic heterocycles. The van der Waals surface area contributed by atoms with Crippen LogP contribution in [0.3, 0.4) is 0 Å². The van der Waals surface area contributed by atoms with Gasteiger partial charge >= 0.3 is 5.97 Å². The van der Waals surface area contributed by atoms with E-state index in [0.717, 1.165) is 0 Å². The Labute approximate surface area is 133 Å². The molecule has 2 aromatic carbocycles. The summed E-state index contributed by atoms with van der Waals surface area (Å²) in [5, 5.41) is 11.5. The number of fused-ring (bicyclic) bond motifs is 2. The number of esters is 1. The number of carbonyl (C=O) groups is 1. The van der Waals surface area contributed by atoms with Gasteiger partial charge in [0.15, 0.2) is 5.43 Å². The number of non-ortho nitro benzene ring substituents is 1. The largest absolute Gasteiger partial charge is 0.465 e. The van der Waals surface area contributed by atoms with Crippen molar-refractivity contribution in [1.82, 2.24) is 4.98 Å². The summed E-state index contributed by atoms with van der Waals surface area (Å²) in [4.78, 5) is 37.6. The summed E-state index contributed by atoms with van der Waals surface area (Å²) in [6.45, 7) is 0. The fraction of sp³-hybridized carbons (Fsp3) is 0.0667. The molecule has 0 bridgehead atoms. The first-order valence-corrected chi connectivity index (χ1v) is 6.82. The second-order valence-corrected chi connectivity index (χ2v) is 5.25. The summed E-state index contributed by atoms with van der Waals surface area (Å²) < 4.78 is 4.62. The number of nitro groups is 1. The quantitative estimate of drug-likeness (QED) is 0.336. The zero-order valence-corrected chi connectivity index (χ0v) is 12.5. The predicted octanol–water partition coefficient (Wildman–Crippen LogP) is 3.03. The third kappa shape index (κ3) is 2.40. The highest BCUT2D eigenvalue weighted by Crippen LogP contribution is 2.28. The Kier molecular flexibility index (Phi) is 3.49. The molecule has 0 fully saturated rings. The first-order valence-electron chi connectivity index (χ1n) is 6.44. The lowest BCUT2D eigenvalue weighted by Gasteiger charge is -2.06. The Morgan fingerprint density at radius 1 is 1.26 bits per heavy atom. The number of nitrogens with zero attached hydrogens (tertiary/aromatic N) is 1. The number of hydrogen-bond acceptors (Lipinski definition) is 5. The Bertz CT molecular complexity index is 1040. The zero-order chi connectivity index (χ0) is 16.7. The molecule has 8 heteroatoms. The summed E-state index contributed by atoms with van der Waals surface area (Å²) >= 11 is 5.86. The molecular formula is C15H9ClN2O5. The van der Waals surface area contributed by atoms with Crippen molar-refractivity contribution in [3.05, 3.63) is 61.3 Å². The molecule has 7 nitrogen and oxygen atoms in total. The summed E-state index contributed by atoms with van der Waals surface area (Å²) in [6.07, 6.45) is 0. The second kappa shape index (κ2) is 5.36. The normalized spacial score (nSPS) is 10.9. The number of benzene rings is 2. The Balaban J connectivity index is 2.45. The molecule has 1 heterocycles. The van der Waals surface area contributed by atoms with Crippen molar-refractivity contribution in [2.24, 2.45) is 0 Å². The molecule has 3 rings (SSSR count). The first kappa shape index (κ1) is 15.0. The van der Waals surface area contributed by atoms with E-state index in [1.165, 1.54) is 37.4 Å². The van der Waals surface area contributed by atoms with Crippen LogP contribution >= 0.6 is 11.6 Å². The second-order valence-electron chi connectivity index (χ2n) is 4.81. The van der Waals surface area contributed by atoms with E-state index < -0.39 is 16.3 Å². The smallest absolute Gasteiger partial charge is 0.337 e. The molecule has 23 heavy (non-hydrogen) atoms. The molecule has 3 aromatic rings. The lowest BCUT2D eigenvalue weighted by atomic mass is 10.1. The van der Waals surface area contributed by atoms with Gasteiger partial charge < -0.3 is 9.72 Å². The summed E-state index contributed by atoms with van der Waals surface area (Å²) in [5.74, 6) is -0.580. The topological polar surface area (TPSA) is 102 Å². The molecule has 0 spiro atoms. The highest BCUT2D eigenvalue weighted by atomic mass is 35.5. The molecule has 0 radical (unpaired) electrons. The minimum absolute atomic E-state index is 0.0816. The Hall–Kier alpha value is -2.93. The lowest BCUT2D eigenvalue weighted by molar-refractivity contribution is -0.383. The number of aromatic nitrogens is 1. The van der Waals surface area contributed by atoms with Gasteiger partial charge in [-0.2, -0.15) is 0 Å². The third-order valence-corrected chi connectivity index (χ3v) is 3.69. The van der Waals surface area contributed by atoms with Crippen LogP contribution in [0.15, 0.2) is 35.1 Å². The number of nitrogens with one attached hydrogen (secondary N) is 1. The number of aromatic amines is 1. The Morgan fingerprint density at radius 3 is 2.65 bits per heavy atom. The van der Waals surface area contributed by atoms with Crippen LogP contribution in [0.5, 0.6) is 0 Å². The standard InChI is InChI=1S/C15H9ClN2O5/c1-23-15(20)7-2-3-11-9(4-7)14(19)10-5-8(16)6-12(18(21)22)13(10)17-11/h2-6H,1H3,(H,17,19). The number of hydrogen-bond donors (Lipinski definition) is 1. The van der Waals surface area contributed by atoms with Gasteiger partial charge in [0.05, 0.1) is 23.0 Å². The van der Waals surface area contributed by atoms with Crippen LogP contribution < -0.4 is 5.43 Å². The highest BCUT2D eigenvalue weighted by Gasteiger charge is 2.18. The molecule has 1 aromatic heterocycles. The molecule has 0 unspecified atom stereocenters. The zero-order valence-electron chi connectivity index (χ0n) is 11.8. The molecule has 1 N–H and O–H groups in total. The molecule has 116 valence electrons. The third-order valence-electron chi connectivity index (χ3n) is 3.47. The van der Waals surface area contributed by atoms with Gasteiger partial charge in [0.2, 0.25) is 0 Å². The van der Waals surface area contributed by atoms with E-state index >= 15 is 0 Å². The Morgan fingerprint density at radius 2 is 2.00 bits per heavy atom. The molecule has 0 aliphatic carbocycles. The van der Waals surface area contributed by atoms with Crippen LogP contribution in [0, 0.1) is 10.1 Å². The summed E-state index contributed by atoms with van der Waals surface area (Å²) in [6, 6.07) is 6.88. The van der Waals surface area contributed by atoms with Gasteiger partial charge in [-0.3, -0.25) is 14.9 Å². The van der Waals surface area contributed by atoms with E-state index in [4.69, 9.17) is 11.6 Å². The lowest BCUT2D eigenvalue weighted by Crippen LogP contribution is -2.08. The highest BCUT2D eigenvalue weighted by molar-refractivity contribution is 6.31.